The van der Waals surface area contributed by atoms with Crippen molar-refractivity contribution in [1.82, 2.24) is 0 Å². The lowest BCUT2D eigenvalue weighted by molar-refractivity contribution is -0.168. The van der Waals surface area contributed by atoms with E-state index in [2.05, 4.69) is 19.9 Å². The van der Waals surface area contributed by atoms with Crippen LogP contribution in [0.5, 0.6) is 0 Å². The fourth-order valence-electron chi connectivity index (χ4n) is 5.82. The highest BCUT2D eigenvalue weighted by Gasteiger charge is 2.80. The van der Waals surface area contributed by atoms with Gasteiger partial charge in [-0.15, -0.1) is 0 Å². The molecular weight excluding hydrogens is 292 g/mol. The van der Waals surface area contributed by atoms with Crippen molar-refractivity contribution in [3.63, 3.8) is 0 Å². The van der Waals surface area contributed by atoms with Crippen LogP contribution in [-0.2, 0) is 19.1 Å². The van der Waals surface area contributed by atoms with E-state index in [0.29, 0.717) is 18.3 Å². The Labute approximate surface area is 136 Å². The van der Waals surface area contributed by atoms with Crippen LogP contribution >= 0.6 is 0 Å². The molecule has 2 bridgehead atoms. The van der Waals surface area contributed by atoms with Gasteiger partial charge in [0.15, 0.2) is 5.78 Å². The molecular formula is C19H24O4. The quantitative estimate of drug-likeness (QED) is 0.446. The number of esters is 1. The number of ketones is 1. The third-order valence-electron chi connectivity index (χ3n) is 7.30. The third kappa shape index (κ3) is 1.70. The first-order valence-electron chi connectivity index (χ1n) is 8.56. The minimum Gasteiger partial charge on any atom is -0.458 e. The van der Waals surface area contributed by atoms with Crippen molar-refractivity contribution in [2.75, 3.05) is 6.61 Å². The maximum atomic E-state index is 12.2. The van der Waals surface area contributed by atoms with Crippen molar-refractivity contribution >= 4 is 11.8 Å². The molecule has 3 aliphatic carbocycles. The lowest BCUT2D eigenvalue weighted by atomic mass is 9.46. The van der Waals surface area contributed by atoms with E-state index in [4.69, 9.17) is 9.47 Å². The van der Waals surface area contributed by atoms with Gasteiger partial charge in [-0.1, -0.05) is 26.0 Å². The van der Waals surface area contributed by atoms with Crippen LogP contribution < -0.4 is 0 Å². The van der Waals surface area contributed by atoms with Crippen molar-refractivity contribution in [2.45, 2.75) is 51.7 Å². The molecule has 4 aliphatic rings. The SMILES string of the molecule is C/C=C\C(=O)O[C@@H]1C[C@H]2C[C@@H]3C=CC(=O)C[C@]3(C)[C@]1(C)[C@]21CO1. The van der Waals surface area contributed by atoms with Crippen LogP contribution in [0.25, 0.3) is 0 Å². The topological polar surface area (TPSA) is 55.9 Å². The number of carbonyl (C=O) groups excluding carboxylic acids is 2. The van der Waals surface area contributed by atoms with E-state index in [9.17, 15) is 9.59 Å². The zero-order chi connectivity index (χ0) is 16.5. The number of hydrogen-bond donors (Lipinski definition) is 0. The lowest BCUT2D eigenvalue weighted by Crippen LogP contribution is -2.60. The normalized spacial score (nSPS) is 50.4. The molecule has 1 spiro atoms. The molecule has 23 heavy (non-hydrogen) atoms. The molecule has 0 aromatic heterocycles. The van der Waals surface area contributed by atoms with Gasteiger partial charge in [0.1, 0.15) is 11.7 Å². The Kier molecular flexibility index (Phi) is 3.00. The van der Waals surface area contributed by atoms with E-state index < -0.39 is 0 Å². The summed E-state index contributed by atoms with van der Waals surface area (Å²) in [6, 6.07) is 0. The average Bonchev–Trinajstić information content (AvgIpc) is 3.24. The van der Waals surface area contributed by atoms with Gasteiger partial charge in [0, 0.05) is 17.9 Å². The predicted octanol–water partition coefficient (Wildman–Crippen LogP) is 2.82. The van der Waals surface area contributed by atoms with E-state index in [1.165, 1.54) is 6.08 Å². The molecule has 0 radical (unpaired) electrons. The number of epoxide rings is 1. The van der Waals surface area contributed by atoms with Crippen LogP contribution in [0.2, 0.25) is 0 Å². The molecule has 0 aromatic carbocycles. The van der Waals surface area contributed by atoms with Gasteiger partial charge in [0.2, 0.25) is 0 Å². The molecule has 3 fully saturated rings. The molecule has 1 aliphatic heterocycles. The smallest absolute Gasteiger partial charge is 0.330 e. The molecule has 0 unspecified atom stereocenters. The van der Waals surface area contributed by atoms with Crippen LogP contribution in [0.1, 0.15) is 40.0 Å². The maximum Gasteiger partial charge on any atom is 0.330 e. The molecule has 4 nitrogen and oxygen atoms in total. The van der Waals surface area contributed by atoms with E-state index in [0.717, 1.165) is 19.4 Å². The molecule has 2 saturated carbocycles. The summed E-state index contributed by atoms with van der Waals surface area (Å²) >= 11 is 0. The molecule has 4 heteroatoms. The number of rotatable bonds is 2. The summed E-state index contributed by atoms with van der Waals surface area (Å²) in [6.07, 6.45) is 9.18. The van der Waals surface area contributed by atoms with Gasteiger partial charge < -0.3 is 9.47 Å². The van der Waals surface area contributed by atoms with E-state index >= 15 is 0 Å². The predicted molar refractivity (Wildman–Crippen MR) is 84.6 cm³/mol. The van der Waals surface area contributed by atoms with Crippen LogP contribution in [0.15, 0.2) is 24.3 Å². The third-order valence-corrected chi connectivity index (χ3v) is 7.30. The van der Waals surface area contributed by atoms with E-state index in [1.807, 2.05) is 6.92 Å². The van der Waals surface area contributed by atoms with Crippen LogP contribution in [-0.4, -0.2) is 30.1 Å². The van der Waals surface area contributed by atoms with Gasteiger partial charge in [-0.25, -0.2) is 4.79 Å². The van der Waals surface area contributed by atoms with Gasteiger partial charge in [-0.3, -0.25) is 4.79 Å². The molecule has 1 saturated heterocycles. The molecule has 0 aromatic rings. The Bertz CT molecular complexity index is 629. The van der Waals surface area contributed by atoms with Gasteiger partial charge in [-0.05, 0) is 43.1 Å². The number of carbonyl (C=O) groups is 2. The highest BCUT2D eigenvalue weighted by atomic mass is 16.6. The molecule has 4 rings (SSSR count). The van der Waals surface area contributed by atoms with Crippen LogP contribution in [0.3, 0.4) is 0 Å². The zero-order valence-corrected chi connectivity index (χ0v) is 14.0. The Morgan fingerprint density at radius 3 is 2.78 bits per heavy atom. The summed E-state index contributed by atoms with van der Waals surface area (Å²) in [5.74, 6) is 0.645. The van der Waals surface area contributed by atoms with Crippen molar-refractivity contribution in [3.8, 4) is 0 Å². The largest absolute Gasteiger partial charge is 0.458 e. The first-order valence-corrected chi connectivity index (χ1v) is 8.56. The summed E-state index contributed by atoms with van der Waals surface area (Å²) in [5, 5.41) is 0. The van der Waals surface area contributed by atoms with Crippen molar-refractivity contribution < 1.29 is 19.1 Å². The summed E-state index contributed by atoms with van der Waals surface area (Å²) in [5.41, 5.74) is -0.737. The summed E-state index contributed by atoms with van der Waals surface area (Å²) in [4.78, 5) is 24.2. The second-order valence-electron chi connectivity index (χ2n) is 8.00. The Morgan fingerprint density at radius 2 is 2.13 bits per heavy atom. The molecule has 124 valence electrons. The highest BCUT2D eigenvalue weighted by molar-refractivity contribution is 5.91. The Balaban J connectivity index is 1.77. The van der Waals surface area contributed by atoms with Crippen LogP contribution in [0.4, 0.5) is 0 Å². The van der Waals surface area contributed by atoms with E-state index in [1.54, 1.807) is 12.2 Å². The minimum absolute atomic E-state index is 0.171. The summed E-state index contributed by atoms with van der Waals surface area (Å²) in [7, 11) is 0. The first kappa shape index (κ1) is 15.1. The van der Waals surface area contributed by atoms with Gasteiger partial charge >= 0.3 is 5.97 Å². The second-order valence-corrected chi connectivity index (χ2v) is 8.00. The maximum absolute atomic E-state index is 12.2. The zero-order valence-electron chi connectivity index (χ0n) is 14.0. The average molecular weight is 316 g/mol. The van der Waals surface area contributed by atoms with Gasteiger partial charge in [-0.2, -0.15) is 0 Å². The lowest BCUT2D eigenvalue weighted by Gasteiger charge is -2.57. The Morgan fingerprint density at radius 1 is 1.39 bits per heavy atom. The van der Waals surface area contributed by atoms with Crippen molar-refractivity contribution in [1.29, 1.82) is 0 Å². The van der Waals surface area contributed by atoms with Gasteiger partial charge in [0.05, 0.1) is 6.61 Å². The molecule has 1 heterocycles. The minimum atomic E-state index is -0.314. The number of hydrogen-bond acceptors (Lipinski definition) is 4. The number of fused-ring (bicyclic) bond motifs is 2. The van der Waals surface area contributed by atoms with Crippen molar-refractivity contribution in [3.05, 3.63) is 24.3 Å². The summed E-state index contributed by atoms with van der Waals surface area (Å²) < 4.78 is 11.9. The van der Waals surface area contributed by atoms with Gasteiger partial charge in [0.25, 0.3) is 0 Å². The fraction of sp³-hybridized carbons (Fsp3) is 0.684. The fourth-order valence-corrected chi connectivity index (χ4v) is 5.82. The standard InChI is InChI=1S/C19H24O4/c1-4-5-16(21)23-15-9-13-8-12-6-7-14(20)10-17(12,2)18(15,3)19(13)11-22-19/h4-7,12-13,15H,8-11H2,1-3H3/b5-4-/t12-,13+,15+,17-,18+,19-/m0/s1. The van der Waals surface area contributed by atoms with Crippen molar-refractivity contribution in [2.24, 2.45) is 22.7 Å². The number of ether oxygens (including phenoxy) is 2. The first-order chi connectivity index (χ1) is 10.9. The Hall–Kier alpha value is -1.42. The number of allylic oxidation sites excluding steroid dienone is 3. The highest BCUT2D eigenvalue weighted by Crippen LogP contribution is 2.75. The van der Waals surface area contributed by atoms with E-state index in [-0.39, 0.29) is 34.3 Å². The molecule has 6 atom stereocenters. The summed E-state index contributed by atoms with van der Waals surface area (Å²) in [6.45, 7) is 6.92. The molecule has 0 amide bonds. The van der Waals surface area contributed by atoms with Crippen LogP contribution in [0, 0.1) is 22.7 Å². The monoisotopic (exact) mass is 316 g/mol. The molecule has 0 N–H and O–H groups in total. The second kappa shape index (κ2) is 4.56.